The molecule has 0 saturated heterocycles. The van der Waals surface area contributed by atoms with Crippen LogP contribution in [0, 0.1) is 0 Å². The lowest BCUT2D eigenvalue weighted by molar-refractivity contribution is 0.0990. The number of pyridine rings is 1. The minimum absolute atomic E-state index is 0.121. The fourth-order valence-electron chi connectivity index (χ4n) is 1.97. The number of rotatable bonds is 3. The molecule has 98 valence electrons. The SMILES string of the molecule is CN(C(=O)c1cc(Br)cnc1C1CC1)c1ccon1. The van der Waals surface area contributed by atoms with E-state index in [0.717, 1.165) is 23.0 Å². The van der Waals surface area contributed by atoms with Crippen molar-refractivity contribution in [3.63, 3.8) is 0 Å². The molecule has 0 aliphatic heterocycles. The van der Waals surface area contributed by atoms with Crippen LogP contribution in [0.5, 0.6) is 0 Å². The monoisotopic (exact) mass is 321 g/mol. The Kier molecular flexibility index (Phi) is 3.10. The quantitative estimate of drug-likeness (QED) is 0.872. The smallest absolute Gasteiger partial charge is 0.261 e. The Balaban J connectivity index is 1.96. The summed E-state index contributed by atoms with van der Waals surface area (Å²) in [5.74, 6) is 0.786. The molecule has 2 heterocycles. The van der Waals surface area contributed by atoms with Crippen molar-refractivity contribution in [3.8, 4) is 0 Å². The van der Waals surface area contributed by atoms with Crippen molar-refractivity contribution >= 4 is 27.7 Å². The first-order valence-corrected chi connectivity index (χ1v) is 6.80. The number of nitrogens with zero attached hydrogens (tertiary/aromatic N) is 3. The van der Waals surface area contributed by atoms with Gasteiger partial charge in [0.05, 0.1) is 11.3 Å². The molecule has 0 radical (unpaired) electrons. The van der Waals surface area contributed by atoms with Gasteiger partial charge in [-0.1, -0.05) is 5.16 Å². The van der Waals surface area contributed by atoms with Crippen LogP contribution in [0.15, 0.2) is 33.6 Å². The van der Waals surface area contributed by atoms with Crippen LogP contribution in [-0.2, 0) is 0 Å². The first-order chi connectivity index (χ1) is 9.16. The summed E-state index contributed by atoms with van der Waals surface area (Å²) in [5, 5.41) is 3.77. The van der Waals surface area contributed by atoms with Crippen LogP contribution in [-0.4, -0.2) is 23.1 Å². The van der Waals surface area contributed by atoms with E-state index in [4.69, 9.17) is 4.52 Å². The molecule has 0 aromatic carbocycles. The van der Waals surface area contributed by atoms with E-state index in [1.807, 2.05) is 6.07 Å². The summed E-state index contributed by atoms with van der Waals surface area (Å²) in [6.45, 7) is 0. The molecular weight excluding hydrogens is 310 g/mol. The number of hydrogen-bond acceptors (Lipinski definition) is 4. The summed E-state index contributed by atoms with van der Waals surface area (Å²) in [5.41, 5.74) is 1.51. The highest BCUT2D eigenvalue weighted by atomic mass is 79.9. The number of aromatic nitrogens is 2. The Hall–Kier alpha value is -1.69. The summed E-state index contributed by atoms with van der Waals surface area (Å²) in [6, 6.07) is 3.47. The van der Waals surface area contributed by atoms with Gasteiger partial charge in [0.2, 0.25) is 0 Å². The molecule has 19 heavy (non-hydrogen) atoms. The van der Waals surface area contributed by atoms with Gasteiger partial charge in [0.15, 0.2) is 5.82 Å². The van der Waals surface area contributed by atoms with Crippen LogP contribution in [0.1, 0.15) is 34.8 Å². The van der Waals surface area contributed by atoms with E-state index in [2.05, 4.69) is 26.1 Å². The highest BCUT2D eigenvalue weighted by molar-refractivity contribution is 9.10. The Morgan fingerprint density at radius 2 is 2.32 bits per heavy atom. The van der Waals surface area contributed by atoms with Gasteiger partial charge >= 0.3 is 0 Å². The van der Waals surface area contributed by atoms with Crippen LogP contribution in [0.25, 0.3) is 0 Å². The van der Waals surface area contributed by atoms with E-state index in [0.29, 0.717) is 17.3 Å². The molecule has 1 saturated carbocycles. The van der Waals surface area contributed by atoms with Crippen molar-refractivity contribution in [2.75, 3.05) is 11.9 Å². The standard InChI is InChI=1S/C13H12BrN3O2/c1-17(11-4-5-19-16-11)13(18)10-6-9(14)7-15-12(10)8-2-3-8/h4-8H,2-3H2,1H3. The summed E-state index contributed by atoms with van der Waals surface area (Å²) >= 11 is 3.36. The second kappa shape index (κ2) is 4.77. The van der Waals surface area contributed by atoms with Crippen molar-refractivity contribution in [1.82, 2.24) is 10.1 Å². The Morgan fingerprint density at radius 1 is 1.53 bits per heavy atom. The van der Waals surface area contributed by atoms with E-state index in [1.54, 1.807) is 19.3 Å². The molecular formula is C13H12BrN3O2. The third kappa shape index (κ3) is 2.40. The molecule has 1 amide bonds. The third-order valence-corrected chi connectivity index (χ3v) is 3.59. The fourth-order valence-corrected chi connectivity index (χ4v) is 2.30. The molecule has 5 nitrogen and oxygen atoms in total. The average molecular weight is 322 g/mol. The van der Waals surface area contributed by atoms with Crippen molar-refractivity contribution in [2.24, 2.45) is 0 Å². The number of carbonyl (C=O) groups is 1. The van der Waals surface area contributed by atoms with E-state index >= 15 is 0 Å². The predicted octanol–water partition coefficient (Wildman–Crippen LogP) is 2.99. The van der Waals surface area contributed by atoms with Gasteiger partial charge in [-0.3, -0.25) is 14.7 Å². The Labute approximate surface area is 118 Å². The molecule has 0 atom stereocenters. The van der Waals surface area contributed by atoms with E-state index < -0.39 is 0 Å². The van der Waals surface area contributed by atoms with Gasteiger partial charge in [0, 0.05) is 29.7 Å². The normalized spacial score (nSPS) is 14.4. The molecule has 0 bridgehead atoms. The van der Waals surface area contributed by atoms with E-state index in [-0.39, 0.29) is 5.91 Å². The molecule has 6 heteroatoms. The predicted molar refractivity (Wildman–Crippen MR) is 73.1 cm³/mol. The van der Waals surface area contributed by atoms with Crippen molar-refractivity contribution in [2.45, 2.75) is 18.8 Å². The molecule has 1 fully saturated rings. The molecule has 3 rings (SSSR count). The number of hydrogen-bond donors (Lipinski definition) is 0. The van der Waals surface area contributed by atoms with Gasteiger partial charge in [0.25, 0.3) is 5.91 Å². The first kappa shape index (κ1) is 12.3. The van der Waals surface area contributed by atoms with E-state index in [9.17, 15) is 4.79 Å². The Bertz CT molecular complexity index is 608. The average Bonchev–Trinajstić information content (AvgIpc) is 3.11. The number of anilines is 1. The lowest BCUT2D eigenvalue weighted by Crippen LogP contribution is -2.27. The Morgan fingerprint density at radius 3 is 2.95 bits per heavy atom. The van der Waals surface area contributed by atoms with E-state index in [1.165, 1.54) is 11.2 Å². The highest BCUT2D eigenvalue weighted by Gasteiger charge is 2.31. The fraction of sp³-hybridized carbons (Fsp3) is 0.308. The zero-order valence-corrected chi connectivity index (χ0v) is 11.9. The van der Waals surface area contributed by atoms with Crippen molar-refractivity contribution in [3.05, 3.63) is 40.3 Å². The van der Waals surface area contributed by atoms with Gasteiger partial charge in [-0.25, -0.2) is 0 Å². The maximum Gasteiger partial charge on any atom is 0.261 e. The topological polar surface area (TPSA) is 59.2 Å². The van der Waals surface area contributed by atoms with Crippen LogP contribution < -0.4 is 4.90 Å². The molecule has 0 N–H and O–H groups in total. The maximum absolute atomic E-state index is 12.5. The highest BCUT2D eigenvalue weighted by Crippen LogP contribution is 2.41. The van der Waals surface area contributed by atoms with Gasteiger partial charge < -0.3 is 4.52 Å². The lowest BCUT2D eigenvalue weighted by Gasteiger charge is -2.15. The van der Waals surface area contributed by atoms with Crippen molar-refractivity contribution < 1.29 is 9.32 Å². The summed E-state index contributed by atoms with van der Waals surface area (Å²) < 4.78 is 5.57. The second-order valence-electron chi connectivity index (χ2n) is 4.58. The maximum atomic E-state index is 12.5. The molecule has 1 aliphatic rings. The largest absolute Gasteiger partial charge is 0.363 e. The zero-order valence-electron chi connectivity index (χ0n) is 10.3. The molecule has 1 aliphatic carbocycles. The summed E-state index contributed by atoms with van der Waals surface area (Å²) in [7, 11) is 1.68. The van der Waals surface area contributed by atoms with Gasteiger partial charge in [-0.15, -0.1) is 0 Å². The van der Waals surface area contributed by atoms with Crippen LogP contribution in [0.2, 0.25) is 0 Å². The number of amides is 1. The summed E-state index contributed by atoms with van der Waals surface area (Å²) in [6.07, 6.45) is 5.38. The van der Waals surface area contributed by atoms with Crippen LogP contribution in [0.3, 0.4) is 0 Å². The summed E-state index contributed by atoms with van der Waals surface area (Å²) in [4.78, 5) is 18.4. The number of carbonyl (C=O) groups excluding carboxylic acids is 1. The van der Waals surface area contributed by atoms with Gasteiger partial charge in [-0.05, 0) is 34.8 Å². The third-order valence-electron chi connectivity index (χ3n) is 3.15. The minimum Gasteiger partial charge on any atom is -0.363 e. The lowest BCUT2D eigenvalue weighted by atomic mass is 10.1. The first-order valence-electron chi connectivity index (χ1n) is 6.00. The van der Waals surface area contributed by atoms with Crippen LogP contribution in [0.4, 0.5) is 5.82 Å². The van der Waals surface area contributed by atoms with Crippen LogP contribution >= 0.6 is 15.9 Å². The van der Waals surface area contributed by atoms with Gasteiger partial charge in [-0.2, -0.15) is 0 Å². The molecule has 2 aromatic rings. The van der Waals surface area contributed by atoms with Crippen molar-refractivity contribution in [1.29, 1.82) is 0 Å². The number of halogens is 1. The molecule has 2 aromatic heterocycles. The molecule has 0 spiro atoms. The minimum atomic E-state index is -0.121. The molecule has 0 unspecified atom stereocenters. The zero-order chi connectivity index (χ0) is 13.4. The van der Waals surface area contributed by atoms with Gasteiger partial charge in [0.1, 0.15) is 6.26 Å². The second-order valence-corrected chi connectivity index (χ2v) is 5.50.